The van der Waals surface area contributed by atoms with Crippen molar-refractivity contribution in [2.45, 2.75) is 40.0 Å². The average molecular weight is 155 g/mol. The van der Waals surface area contributed by atoms with E-state index in [2.05, 4.69) is 20.8 Å². The molecule has 1 nitrogen and oxygen atoms in total. The Balaban J connectivity index is 2.64. The van der Waals surface area contributed by atoms with Crippen LogP contribution in [0.15, 0.2) is 0 Å². The van der Waals surface area contributed by atoms with E-state index in [0.29, 0.717) is 5.41 Å². The third kappa shape index (κ3) is 1.76. The first kappa shape index (κ1) is 9.05. The summed E-state index contributed by atoms with van der Waals surface area (Å²) >= 11 is 0. The molecule has 1 heteroatoms. The molecule has 2 unspecified atom stereocenters. The fourth-order valence-corrected chi connectivity index (χ4v) is 2.59. The summed E-state index contributed by atoms with van der Waals surface area (Å²) in [6, 6.07) is 0. The second-order valence-electron chi connectivity index (χ2n) is 4.70. The molecule has 66 valence electrons. The lowest BCUT2D eigenvalue weighted by molar-refractivity contribution is 0.0909. The molecule has 11 heavy (non-hydrogen) atoms. The van der Waals surface area contributed by atoms with Gasteiger partial charge in [-0.1, -0.05) is 33.6 Å². The summed E-state index contributed by atoms with van der Waals surface area (Å²) in [7, 11) is 0. The smallest absolute Gasteiger partial charge is 0.00412 e. The average Bonchev–Trinajstić information content (AvgIpc) is 1.86. The zero-order valence-electron chi connectivity index (χ0n) is 8.06. The maximum absolute atomic E-state index is 5.77. The van der Waals surface area contributed by atoms with Crippen LogP contribution in [-0.4, -0.2) is 6.54 Å². The summed E-state index contributed by atoms with van der Waals surface area (Å²) in [5.74, 6) is 1.58. The van der Waals surface area contributed by atoms with E-state index in [1.165, 1.54) is 19.3 Å². The Morgan fingerprint density at radius 3 is 2.45 bits per heavy atom. The van der Waals surface area contributed by atoms with Crippen LogP contribution in [-0.2, 0) is 0 Å². The highest BCUT2D eigenvalue weighted by Gasteiger charge is 2.35. The predicted molar refractivity (Wildman–Crippen MR) is 49.3 cm³/mol. The van der Waals surface area contributed by atoms with Gasteiger partial charge < -0.3 is 5.73 Å². The molecule has 0 bridgehead atoms. The van der Waals surface area contributed by atoms with E-state index in [4.69, 9.17) is 5.73 Å². The van der Waals surface area contributed by atoms with Gasteiger partial charge in [0.15, 0.2) is 0 Å². The summed E-state index contributed by atoms with van der Waals surface area (Å²) in [4.78, 5) is 0. The molecule has 0 aromatic carbocycles. The molecule has 0 aromatic heterocycles. The molecule has 0 spiro atoms. The predicted octanol–water partition coefficient (Wildman–Crippen LogP) is 2.41. The van der Waals surface area contributed by atoms with Crippen LogP contribution in [0.1, 0.15) is 40.0 Å². The van der Waals surface area contributed by atoms with Crippen molar-refractivity contribution < 1.29 is 0 Å². The number of hydrogen-bond acceptors (Lipinski definition) is 1. The van der Waals surface area contributed by atoms with E-state index in [0.717, 1.165) is 18.4 Å². The molecule has 0 heterocycles. The van der Waals surface area contributed by atoms with E-state index in [1.807, 2.05) is 0 Å². The van der Waals surface area contributed by atoms with Crippen molar-refractivity contribution in [2.75, 3.05) is 6.54 Å². The Bertz CT molecular complexity index is 129. The van der Waals surface area contributed by atoms with E-state index >= 15 is 0 Å². The van der Waals surface area contributed by atoms with Crippen LogP contribution in [0.4, 0.5) is 0 Å². The monoisotopic (exact) mass is 155 g/mol. The number of nitrogens with two attached hydrogens (primary N) is 1. The minimum Gasteiger partial charge on any atom is -0.330 e. The zero-order chi connectivity index (χ0) is 8.48. The third-order valence-corrected chi connectivity index (χ3v) is 3.43. The highest BCUT2D eigenvalue weighted by atomic mass is 14.6. The first-order valence-corrected chi connectivity index (χ1v) is 4.78. The molecular weight excluding hydrogens is 134 g/mol. The van der Waals surface area contributed by atoms with Crippen LogP contribution in [0, 0.1) is 17.3 Å². The highest BCUT2D eigenvalue weighted by molar-refractivity contribution is 4.86. The van der Waals surface area contributed by atoms with Gasteiger partial charge in [0.05, 0.1) is 0 Å². The molecule has 0 aromatic rings. The van der Waals surface area contributed by atoms with E-state index in [-0.39, 0.29) is 0 Å². The lowest BCUT2D eigenvalue weighted by Gasteiger charge is -2.42. The first-order valence-electron chi connectivity index (χ1n) is 4.78. The Morgan fingerprint density at radius 1 is 1.45 bits per heavy atom. The minimum atomic E-state index is 0.492. The lowest BCUT2D eigenvalue weighted by atomic mass is 9.64. The number of rotatable bonds is 1. The van der Waals surface area contributed by atoms with Gasteiger partial charge >= 0.3 is 0 Å². The standard InChI is InChI=1S/C10H21N/c1-8-5-4-6-10(2,3)9(8)7-11/h8-9H,4-7,11H2,1-3H3. The van der Waals surface area contributed by atoms with Crippen molar-refractivity contribution >= 4 is 0 Å². The van der Waals surface area contributed by atoms with Gasteiger partial charge in [-0.15, -0.1) is 0 Å². The molecule has 2 N–H and O–H groups in total. The van der Waals surface area contributed by atoms with Crippen LogP contribution in [0.3, 0.4) is 0 Å². The van der Waals surface area contributed by atoms with Crippen LogP contribution >= 0.6 is 0 Å². The summed E-state index contributed by atoms with van der Waals surface area (Å²) in [5.41, 5.74) is 6.26. The highest BCUT2D eigenvalue weighted by Crippen LogP contribution is 2.42. The van der Waals surface area contributed by atoms with Gasteiger partial charge in [0, 0.05) is 0 Å². The molecule has 1 saturated carbocycles. The molecule has 1 aliphatic rings. The molecule has 0 aliphatic heterocycles. The van der Waals surface area contributed by atoms with Crippen molar-refractivity contribution in [3.63, 3.8) is 0 Å². The van der Waals surface area contributed by atoms with Crippen molar-refractivity contribution in [2.24, 2.45) is 23.0 Å². The maximum Gasteiger partial charge on any atom is -0.00412 e. The van der Waals surface area contributed by atoms with Crippen molar-refractivity contribution in [3.05, 3.63) is 0 Å². The molecule has 1 aliphatic carbocycles. The van der Waals surface area contributed by atoms with Gasteiger partial charge in [0.1, 0.15) is 0 Å². The first-order chi connectivity index (χ1) is 5.08. The van der Waals surface area contributed by atoms with Crippen molar-refractivity contribution in [1.82, 2.24) is 0 Å². The number of hydrogen-bond donors (Lipinski definition) is 1. The van der Waals surface area contributed by atoms with Gasteiger partial charge in [-0.25, -0.2) is 0 Å². The molecule has 1 rings (SSSR count). The van der Waals surface area contributed by atoms with E-state index < -0.39 is 0 Å². The van der Waals surface area contributed by atoms with Gasteiger partial charge in [-0.05, 0) is 30.2 Å². The quantitative estimate of drug-likeness (QED) is 0.618. The maximum atomic E-state index is 5.77. The fraction of sp³-hybridized carbons (Fsp3) is 1.00. The van der Waals surface area contributed by atoms with Gasteiger partial charge in [0.2, 0.25) is 0 Å². The topological polar surface area (TPSA) is 26.0 Å². The lowest BCUT2D eigenvalue weighted by Crippen LogP contribution is -2.38. The Hall–Kier alpha value is -0.0400. The summed E-state index contributed by atoms with van der Waals surface area (Å²) < 4.78 is 0. The third-order valence-electron chi connectivity index (χ3n) is 3.43. The SMILES string of the molecule is CC1CCCC(C)(C)C1CN. The van der Waals surface area contributed by atoms with E-state index in [1.54, 1.807) is 0 Å². The summed E-state index contributed by atoms with van der Waals surface area (Å²) in [5, 5.41) is 0. The second-order valence-corrected chi connectivity index (χ2v) is 4.70. The Kier molecular flexibility index (Phi) is 2.58. The zero-order valence-corrected chi connectivity index (χ0v) is 8.06. The van der Waals surface area contributed by atoms with E-state index in [9.17, 15) is 0 Å². The minimum absolute atomic E-state index is 0.492. The van der Waals surface area contributed by atoms with Gasteiger partial charge in [-0.3, -0.25) is 0 Å². The fourth-order valence-electron chi connectivity index (χ4n) is 2.59. The molecule has 0 amide bonds. The summed E-state index contributed by atoms with van der Waals surface area (Å²) in [6.45, 7) is 7.94. The van der Waals surface area contributed by atoms with Gasteiger partial charge in [0.25, 0.3) is 0 Å². The molecule has 0 saturated heterocycles. The normalized spacial score (nSPS) is 37.1. The van der Waals surface area contributed by atoms with Crippen LogP contribution in [0.5, 0.6) is 0 Å². The molecule has 0 radical (unpaired) electrons. The molecule has 1 fully saturated rings. The second kappa shape index (κ2) is 3.14. The summed E-state index contributed by atoms with van der Waals surface area (Å²) in [6.07, 6.45) is 4.13. The van der Waals surface area contributed by atoms with Gasteiger partial charge in [-0.2, -0.15) is 0 Å². The molecule has 2 atom stereocenters. The van der Waals surface area contributed by atoms with Crippen LogP contribution in [0.2, 0.25) is 0 Å². The van der Waals surface area contributed by atoms with Crippen molar-refractivity contribution in [3.8, 4) is 0 Å². The molecular formula is C10H21N. The van der Waals surface area contributed by atoms with Crippen LogP contribution < -0.4 is 5.73 Å². The largest absolute Gasteiger partial charge is 0.330 e. The van der Waals surface area contributed by atoms with Crippen molar-refractivity contribution in [1.29, 1.82) is 0 Å². The Morgan fingerprint density at radius 2 is 2.09 bits per heavy atom. The van der Waals surface area contributed by atoms with Crippen LogP contribution in [0.25, 0.3) is 0 Å². The Labute approximate surface area is 70.4 Å².